The van der Waals surface area contributed by atoms with Gasteiger partial charge in [-0.05, 0) is 0 Å². The fourth-order valence-electron chi connectivity index (χ4n) is 0.220. The molecule has 0 aromatic carbocycles. The van der Waals surface area contributed by atoms with Crippen molar-refractivity contribution in [2.75, 3.05) is 13.2 Å². The minimum atomic E-state index is 0.0401. The molecule has 0 saturated heterocycles. The van der Waals surface area contributed by atoms with Crippen LogP contribution in [0.1, 0.15) is 13.3 Å². The van der Waals surface area contributed by atoms with Gasteiger partial charge in [0.15, 0.2) is 0 Å². The number of aliphatic hydroxyl groups is 1. The summed E-state index contributed by atoms with van der Waals surface area (Å²) in [5.74, 6) is 2.70. The van der Waals surface area contributed by atoms with Crippen molar-refractivity contribution >= 4 is 0 Å². The van der Waals surface area contributed by atoms with Crippen molar-refractivity contribution in [2.45, 2.75) is 13.3 Å². The van der Waals surface area contributed by atoms with Gasteiger partial charge < -0.3 is 9.84 Å². The quantitative estimate of drug-likeness (QED) is 0.415. The van der Waals surface area contributed by atoms with Crippen LogP contribution in [0.15, 0.2) is 0 Å². The van der Waals surface area contributed by atoms with Crippen LogP contribution < -0.4 is 0 Å². The largest absolute Gasteiger partial charge is 0.444 e. The van der Waals surface area contributed by atoms with Gasteiger partial charge in [0.1, 0.15) is 12.7 Å². The van der Waals surface area contributed by atoms with Gasteiger partial charge in [0, 0.05) is 6.42 Å². The highest BCUT2D eigenvalue weighted by molar-refractivity contribution is 4.89. The van der Waals surface area contributed by atoms with Gasteiger partial charge in [0.25, 0.3) is 0 Å². The number of hydrogen-bond acceptors (Lipinski definition) is 2. The molecule has 0 atom stereocenters. The van der Waals surface area contributed by atoms with E-state index in [1.165, 1.54) is 0 Å². The Morgan fingerprint density at radius 2 is 2.38 bits per heavy atom. The summed E-state index contributed by atoms with van der Waals surface area (Å²) in [6, 6.07) is 0. The Morgan fingerprint density at radius 3 is 2.88 bits per heavy atom. The minimum Gasteiger partial charge on any atom is -0.444 e. The summed E-state index contributed by atoms with van der Waals surface area (Å²) >= 11 is 0. The van der Waals surface area contributed by atoms with Crippen LogP contribution in [-0.2, 0) is 4.74 Å². The Labute approximate surface area is 49.5 Å². The van der Waals surface area contributed by atoms with Crippen molar-refractivity contribution in [3.05, 3.63) is 0 Å². The van der Waals surface area contributed by atoms with E-state index in [0.29, 0.717) is 6.61 Å². The molecular weight excluding hydrogens is 104 g/mol. The normalized spacial score (nSPS) is 7.25. The molecule has 0 amide bonds. The standard InChI is InChI=1S/C6H10O2/c1-2-3-5-8-6-4-7/h7H,2,4,6H2,1H3. The molecule has 0 aliphatic rings. The predicted octanol–water partition coefficient (Wildman–Crippen LogP) is 0.366. The van der Waals surface area contributed by atoms with Crippen LogP contribution in [0.4, 0.5) is 0 Å². The van der Waals surface area contributed by atoms with Crippen molar-refractivity contribution < 1.29 is 9.84 Å². The first-order chi connectivity index (χ1) is 3.91. The number of ether oxygens (including phenoxy) is 1. The fourth-order valence-corrected chi connectivity index (χ4v) is 0.220. The molecule has 0 bridgehead atoms. The van der Waals surface area contributed by atoms with Crippen molar-refractivity contribution in [2.24, 2.45) is 0 Å². The second-order valence-corrected chi connectivity index (χ2v) is 1.20. The highest BCUT2D eigenvalue weighted by Gasteiger charge is 1.72. The molecule has 0 aliphatic carbocycles. The monoisotopic (exact) mass is 114 g/mol. The van der Waals surface area contributed by atoms with E-state index in [-0.39, 0.29) is 6.61 Å². The lowest BCUT2D eigenvalue weighted by molar-refractivity contribution is 0.180. The summed E-state index contributed by atoms with van der Waals surface area (Å²) in [7, 11) is 0. The first-order valence-electron chi connectivity index (χ1n) is 2.62. The Balaban J connectivity index is 2.90. The van der Waals surface area contributed by atoms with Crippen LogP contribution in [0.25, 0.3) is 0 Å². The lowest BCUT2D eigenvalue weighted by Gasteiger charge is -1.87. The van der Waals surface area contributed by atoms with E-state index in [9.17, 15) is 0 Å². The molecule has 1 N–H and O–H groups in total. The maximum atomic E-state index is 8.17. The lowest BCUT2D eigenvalue weighted by atomic mass is 10.5. The van der Waals surface area contributed by atoms with Gasteiger partial charge in [-0.25, -0.2) is 0 Å². The molecule has 0 unspecified atom stereocenters. The Bertz CT molecular complexity index is 88.4. The highest BCUT2D eigenvalue weighted by Crippen LogP contribution is 1.69. The SMILES string of the molecule is CCC#COCCO. The first kappa shape index (κ1) is 7.32. The van der Waals surface area contributed by atoms with E-state index >= 15 is 0 Å². The van der Waals surface area contributed by atoms with Gasteiger partial charge in [0.2, 0.25) is 0 Å². The number of hydrogen-bond donors (Lipinski definition) is 1. The molecule has 0 aromatic heterocycles. The molecule has 0 heterocycles. The van der Waals surface area contributed by atoms with Gasteiger partial charge in [-0.1, -0.05) is 12.8 Å². The van der Waals surface area contributed by atoms with E-state index in [1.807, 2.05) is 6.92 Å². The van der Waals surface area contributed by atoms with Crippen LogP contribution >= 0.6 is 0 Å². The average molecular weight is 114 g/mol. The smallest absolute Gasteiger partial charge is 0.123 e. The molecule has 2 nitrogen and oxygen atoms in total. The Kier molecular flexibility index (Phi) is 5.78. The van der Waals surface area contributed by atoms with Crippen LogP contribution in [0.2, 0.25) is 0 Å². The zero-order chi connectivity index (χ0) is 6.24. The molecule has 0 fully saturated rings. The summed E-state index contributed by atoms with van der Waals surface area (Å²) in [6.45, 7) is 2.29. The van der Waals surface area contributed by atoms with Crippen molar-refractivity contribution in [1.29, 1.82) is 0 Å². The van der Waals surface area contributed by atoms with Gasteiger partial charge in [-0.15, -0.1) is 0 Å². The Hall–Kier alpha value is -0.680. The van der Waals surface area contributed by atoms with Crippen molar-refractivity contribution in [3.63, 3.8) is 0 Å². The van der Waals surface area contributed by atoms with E-state index in [0.717, 1.165) is 6.42 Å². The molecule has 2 heteroatoms. The summed E-state index contributed by atoms with van der Waals surface area (Å²) in [5, 5.41) is 8.17. The summed E-state index contributed by atoms with van der Waals surface area (Å²) in [6.07, 6.45) is 3.22. The summed E-state index contributed by atoms with van der Waals surface area (Å²) in [4.78, 5) is 0. The molecule has 0 radical (unpaired) electrons. The molecule has 0 rings (SSSR count). The zero-order valence-electron chi connectivity index (χ0n) is 4.98. The molecular formula is C6H10O2. The van der Waals surface area contributed by atoms with E-state index in [1.54, 1.807) is 0 Å². The molecule has 0 spiro atoms. The predicted molar refractivity (Wildman–Crippen MR) is 31.1 cm³/mol. The third kappa shape index (κ3) is 5.32. The van der Waals surface area contributed by atoms with E-state index < -0.39 is 0 Å². The second kappa shape index (κ2) is 6.32. The van der Waals surface area contributed by atoms with E-state index in [4.69, 9.17) is 5.11 Å². The minimum absolute atomic E-state index is 0.0401. The molecule has 8 heavy (non-hydrogen) atoms. The number of rotatable bonds is 2. The molecule has 46 valence electrons. The maximum Gasteiger partial charge on any atom is 0.123 e. The number of aliphatic hydroxyl groups excluding tert-OH is 1. The van der Waals surface area contributed by atoms with Gasteiger partial charge in [-0.3, -0.25) is 0 Å². The van der Waals surface area contributed by atoms with Crippen molar-refractivity contribution in [1.82, 2.24) is 0 Å². The average Bonchev–Trinajstić information content (AvgIpc) is 1.81. The lowest BCUT2D eigenvalue weighted by Crippen LogP contribution is -1.92. The maximum absolute atomic E-state index is 8.17. The van der Waals surface area contributed by atoms with Gasteiger partial charge >= 0.3 is 0 Å². The van der Waals surface area contributed by atoms with Crippen LogP contribution in [-0.4, -0.2) is 18.3 Å². The van der Waals surface area contributed by atoms with Crippen LogP contribution in [0.3, 0.4) is 0 Å². The first-order valence-corrected chi connectivity index (χ1v) is 2.62. The summed E-state index contributed by atoms with van der Waals surface area (Å²) in [5.41, 5.74) is 0. The highest BCUT2D eigenvalue weighted by atomic mass is 16.5. The third-order valence-corrected chi connectivity index (χ3v) is 0.514. The van der Waals surface area contributed by atoms with Gasteiger partial charge in [0.05, 0.1) is 6.61 Å². The van der Waals surface area contributed by atoms with E-state index in [2.05, 4.69) is 16.8 Å². The molecule has 0 aromatic rings. The second-order valence-electron chi connectivity index (χ2n) is 1.20. The third-order valence-electron chi connectivity index (χ3n) is 0.514. The summed E-state index contributed by atoms with van der Waals surface area (Å²) < 4.78 is 4.61. The zero-order valence-corrected chi connectivity index (χ0v) is 4.98. The topological polar surface area (TPSA) is 29.5 Å². The fraction of sp³-hybridized carbons (Fsp3) is 0.667. The Morgan fingerprint density at radius 1 is 1.62 bits per heavy atom. The molecule has 0 aliphatic heterocycles. The van der Waals surface area contributed by atoms with Crippen molar-refractivity contribution in [3.8, 4) is 12.0 Å². The molecule has 0 saturated carbocycles. The van der Waals surface area contributed by atoms with Crippen LogP contribution in [0.5, 0.6) is 0 Å². The van der Waals surface area contributed by atoms with Gasteiger partial charge in [-0.2, -0.15) is 0 Å². The van der Waals surface area contributed by atoms with Crippen LogP contribution in [0, 0.1) is 12.0 Å².